The van der Waals surface area contributed by atoms with Crippen LogP contribution in [-0.2, 0) is 11.0 Å². The average molecular weight is 353 g/mol. The number of ether oxygens (including phenoxy) is 2. The van der Waals surface area contributed by atoms with E-state index in [-0.39, 0.29) is 11.6 Å². The minimum atomic E-state index is -4.44. The van der Waals surface area contributed by atoms with Crippen LogP contribution < -0.4 is 14.9 Å². The van der Waals surface area contributed by atoms with Gasteiger partial charge in [-0.2, -0.15) is 18.3 Å². The number of hydrogen-bond acceptors (Lipinski definition) is 6. The summed E-state index contributed by atoms with van der Waals surface area (Å²) in [7, 11) is 1.42. The minimum Gasteiger partial charge on any atom is -0.493 e. The van der Waals surface area contributed by atoms with Crippen molar-refractivity contribution >= 4 is 18.0 Å². The summed E-state index contributed by atoms with van der Waals surface area (Å²) in [5.41, 5.74) is 2.30. The molecule has 0 saturated carbocycles. The van der Waals surface area contributed by atoms with Crippen molar-refractivity contribution in [2.45, 2.75) is 13.1 Å². The highest BCUT2D eigenvalue weighted by Crippen LogP contribution is 2.29. The molecule has 0 unspecified atom stereocenters. The van der Waals surface area contributed by atoms with Crippen LogP contribution in [0, 0.1) is 0 Å². The number of hydrogen-bond donors (Lipinski definition) is 1. The van der Waals surface area contributed by atoms with E-state index in [1.807, 2.05) is 0 Å². The number of halogens is 3. The number of hydrazone groups is 1. The Hall–Kier alpha value is -3.10. The molecule has 0 aliphatic carbocycles. The number of esters is 1. The van der Waals surface area contributed by atoms with Gasteiger partial charge in [-0.05, 0) is 35.9 Å². The number of carbonyl (C=O) groups is 1. The Bertz CT molecular complexity index is 774. The molecule has 1 N–H and O–H groups in total. The largest absolute Gasteiger partial charge is 0.493 e. The zero-order valence-electron chi connectivity index (χ0n) is 13.3. The van der Waals surface area contributed by atoms with Gasteiger partial charge in [0, 0.05) is 13.1 Å². The molecule has 0 saturated heterocycles. The first kappa shape index (κ1) is 18.2. The van der Waals surface area contributed by atoms with E-state index in [0.29, 0.717) is 11.3 Å². The van der Waals surface area contributed by atoms with Crippen molar-refractivity contribution in [1.82, 2.24) is 4.98 Å². The molecule has 0 fully saturated rings. The van der Waals surface area contributed by atoms with Crippen LogP contribution in [0.3, 0.4) is 0 Å². The Morgan fingerprint density at radius 1 is 1.24 bits per heavy atom. The molecular weight excluding hydrogens is 339 g/mol. The molecule has 0 aliphatic heterocycles. The third kappa shape index (κ3) is 5.20. The zero-order chi connectivity index (χ0) is 18.4. The van der Waals surface area contributed by atoms with Crippen LogP contribution in [0.5, 0.6) is 11.5 Å². The van der Waals surface area contributed by atoms with E-state index in [4.69, 9.17) is 9.47 Å². The Morgan fingerprint density at radius 2 is 2.00 bits per heavy atom. The third-order valence-corrected chi connectivity index (χ3v) is 2.92. The van der Waals surface area contributed by atoms with Crippen LogP contribution >= 0.6 is 0 Å². The van der Waals surface area contributed by atoms with Crippen LogP contribution in [-0.4, -0.2) is 24.3 Å². The Morgan fingerprint density at radius 3 is 2.56 bits per heavy atom. The van der Waals surface area contributed by atoms with Gasteiger partial charge in [-0.15, -0.1) is 0 Å². The van der Waals surface area contributed by atoms with E-state index in [9.17, 15) is 18.0 Å². The summed E-state index contributed by atoms with van der Waals surface area (Å²) in [5, 5.41) is 3.89. The van der Waals surface area contributed by atoms with Crippen LogP contribution in [0.4, 0.5) is 19.0 Å². The summed E-state index contributed by atoms with van der Waals surface area (Å²) in [4.78, 5) is 14.6. The predicted octanol–water partition coefficient (Wildman–Crippen LogP) is 3.48. The average Bonchev–Trinajstić information content (AvgIpc) is 2.55. The van der Waals surface area contributed by atoms with E-state index < -0.39 is 17.7 Å². The predicted molar refractivity (Wildman–Crippen MR) is 84.8 cm³/mol. The number of nitrogens with zero attached hydrogens (tertiary/aromatic N) is 2. The molecule has 0 aliphatic rings. The fourth-order valence-electron chi connectivity index (χ4n) is 1.80. The van der Waals surface area contributed by atoms with Gasteiger partial charge in [0.25, 0.3) is 0 Å². The molecule has 9 heteroatoms. The Kier molecular flexibility index (Phi) is 5.58. The highest BCUT2D eigenvalue weighted by molar-refractivity contribution is 5.82. The second-order valence-corrected chi connectivity index (χ2v) is 4.80. The van der Waals surface area contributed by atoms with Crippen molar-refractivity contribution in [2.24, 2.45) is 5.10 Å². The molecule has 0 bridgehead atoms. The number of benzene rings is 1. The van der Waals surface area contributed by atoms with Crippen LogP contribution in [0.15, 0.2) is 41.6 Å². The van der Waals surface area contributed by atoms with Gasteiger partial charge in [0.1, 0.15) is 5.82 Å². The highest BCUT2D eigenvalue weighted by atomic mass is 19.4. The van der Waals surface area contributed by atoms with Crippen LogP contribution in [0.2, 0.25) is 0 Å². The number of anilines is 1. The molecule has 6 nitrogen and oxygen atoms in total. The van der Waals surface area contributed by atoms with E-state index in [1.54, 1.807) is 12.1 Å². The van der Waals surface area contributed by atoms with Gasteiger partial charge in [0.15, 0.2) is 11.5 Å². The van der Waals surface area contributed by atoms with Gasteiger partial charge < -0.3 is 9.47 Å². The first-order chi connectivity index (χ1) is 11.8. The summed E-state index contributed by atoms with van der Waals surface area (Å²) < 4.78 is 47.4. The van der Waals surface area contributed by atoms with Crippen molar-refractivity contribution in [2.75, 3.05) is 12.5 Å². The fraction of sp³-hybridized carbons (Fsp3) is 0.188. The topological polar surface area (TPSA) is 72.8 Å². The number of pyridine rings is 1. The van der Waals surface area contributed by atoms with Crippen molar-refractivity contribution < 1.29 is 27.4 Å². The van der Waals surface area contributed by atoms with Crippen LogP contribution in [0.1, 0.15) is 18.1 Å². The van der Waals surface area contributed by atoms with E-state index in [1.165, 1.54) is 32.4 Å². The van der Waals surface area contributed by atoms with Gasteiger partial charge in [-0.1, -0.05) is 0 Å². The second kappa shape index (κ2) is 7.65. The molecule has 2 rings (SSSR count). The molecule has 0 radical (unpaired) electrons. The maximum atomic E-state index is 12.4. The van der Waals surface area contributed by atoms with Crippen molar-refractivity contribution in [3.63, 3.8) is 0 Å². The third-order valence-electron chi connectivity index (χ3n) is 2.92. The van der Waals surface area contributed by atoms with Crippen molar-refractivity contribution in [3.8, 4) is 11.5 Å². The number of nitrogens with one attached hydrogen (secondary N) is 1. The van der Waals surface area contributed by atoms with Gasteiger partial charge in [-0.3, -0.25) is 10.2 Å². The number of methoxy groups -OCH3 is 1. The number of aromatic nitrogens is 1. The molecule has 1 heterocycles. The van der Waals surface area contributed by atoms with Crippen molar-refractivity contribution in [1.29, 1.82) is 0 Å². The first-order valence-corrected chi connectivity index (χ1v) is 6.98. The lowest BCUT2D eigenvalue weighted by Crippen LogP contribution is -2.05. The smallest absolute Gasteiger partial charge is 0.417 e. The minimum absolute atomic E-state index is 0.160. The Labute approximate surface area is 141 Å². The molecule has 1 aromatic heterocycles. The number of alkyl halides is 3. The molecule has 2 aromatic rings. The fourth-order valence-corrected chi connectivity index (χ4v) is 1.80. The van der Waals surface area contributed by atoms with Gasteiger partial charge in [0.05, 0.1) is 18.9 Å². The molecular formula is C16H14F3N3O3. The lowest BCUT2D eigenvalue weighted by Gasteiger charge is -2.08. The quantitative estimate of drug-likeness (QED) is 0.386. The lowest BCUT2D eigenvalue weighted by molar-refractivity contribution is -0.137. The van der Waals surface area contributed by atoms with Crippen molar-refractivity contribution in [3.05, 3.63) is 47.7 Å². The van der Waals surface area contributed by atoms with Crippen LogP contribution in [0.25, 0.3) is 0 Å². The normalized spacial score (nSPS) is 11.4. The SMILES string of the molecule is COc1cc(/C=N\Nc2ccc(C(F)(F)F)cn2)ccc1OC(C)=O. The lowest BCUT2D eigenvalue weighted by atomic mass is 10.2. The maximum absolute atomic E-state index is 12.4. The number of rotatable bonds is 5. The first-order valence-electron chi connectivity index (χ1n) is 6.98. The van der Waals surface area contributed by atoms with E-state index in [0.717, 1.165) is 12.3 Å². The van der Waals surface area contributed by atoms with Gasteiger partial charge >= 0.3 is 12.1 Å². The Balaban J connectivity index is 2.05. The van der Waals surface area contributed by atoms with E-state index in [2.05, 4.69) is 15.5 Å². The summed E-state index contributed by atoms with van der Waals surface area (Å²) in [5.74, 6) is 0.291. The molecule has 132 valence electrons. The molecule has 0 spiro atoms. The van der Waals surface area contributed by atoms with E-state index >= 15 is 0 Å². The molecule has 0 atom stereocenters. The summed E-state index contributed by atoms with van der Waals surface area (Å²) in [6.07, 6.45) is -2.30. The van der Waals surface area contributed by atoms with Gasteiger partial charge in [-0.25, -0.2) is 4.98 Å². The monoisotopic (exact) mass is 353 g/mol. The standard InChI is InChI=1S/C16H14F3N3O3/c1-10(23)25-13-5-3-11(7-14(13)24-2)8-21-22-15-6-4-12(9-20-15)16(17,18)19/h3-9H,1-2H3,(H,20,22)/b21-8-. The molecule has 25 heavy (non-hydrogen) atoms. The number of carbonyl (C=O) groups excluding carboxylic acids is 1. The molecule has 1 aromatic carbocycles. The summed E-state index contributed by atoms with van der Waals surface area (Å²) in [6, 6.07) is 6.83. The van der Waals surface area contributed by atoms with Gasteiger partial charge in [0.2, 0.25) is 0 Å². The molecule has 0 amide bonds. The zero-order valence-corrected chi connectivity index (χ0v) is 13.3. The second-order valence-electron chi connectivity index (χ2n) is 4.80. The summed E-state index contributed by atoms with van der Waals surface area (Å²) in [6.45, 7) is 1.27. The highest BCUT2D eigenvalue weighted by Gasteiger charge is 2.30. The maximum Gasteiger partial charge on any atom is 0.417 e. The summed E-state index contributed by atoms with van der Waals surface area (Å²) >= 11 is 0.